The fourth-order valence-electron chi connectivity index (χ4n) is 8.37. The SMILES string of the molecule is CC[C@H](C)[C@H](NC(=O)C(C)(C)N(C)C)C(=O)N(C)[C@H](C[C@@H](OC(C)=O)c1nc(C(=O)NC(Cc2ccc3c(c2)NC(=O)CCCNC(=O)CCOCCOCCNC(=O)C#CC(=O)NCCOCCOCCC(=O)O3)CC(C)C(=O)O)cs1)C(C)C. The van der Waals surface area contributed by atoms with Gasteiger partial charge in [-0.15, -0.1) is 11.3 Å². The molecule has 7 N–H and O–H groups in total. The Labute approximate surface area is 507 Å². The minimum absolute atomic E-state index is 0.0126. The topological polar surface area (TPSA) is 338 Å². The molecule has 1 aromatic carbocycles. The van der Waals surface area contributed by atoms with E-state index in [1.807, 2.05) is 27.7 Å². The number of thiazole rings is 1. The predicted molar refractivity (Wildman–Crippen MR) is 317 cm³/mol. The number of amides is 7. The van der Waals surface area contributed by atoms with Crippen molar-refractivity contribution in [2.24, 2.45) is 17.8 Å². The Balaban J connectivity index is 1.85. The van der Waals surface area contributed by atoms with E-state index in [1.165, 1.54) is 25.3 Å². The number of aromatic nitrogens is 1. The summed E-state index contributed by atoms with van der Waals surface area (Å²) in [6.45, 7) is 15.3. The first-order valence-electron chi connectivity index (χ1n) is 28.9. The van der Waals surface area contributed by atoms with E-state index in [9.17, 15) is 53.1 Å². The Morgan fingerprint density at radius 2 is 1.40 bits per heavy atom. The number of nitrogens with one attached hydrogen (secondary N) is 6. The molecule has 0 saturated heterocycles. The molecular weight excluding hydrogens is 1140 g/mol. The summed E-state index contributed by atoms with van der Waals surface area (Å²) in [7, 11) is 5.21. The van der Waals surface area contributed by atoms with Gasteiger partial charge in [0, 0.05) is 82.2 Å². The number of aliphatic carboxylic acids is 1. The molecule has 1 aliphatic rings. The van der Waals surface area contributed by atoms with Crippen LogP contribution in [-0.4, -0.2) is 196 Å². The lowest BCUT2D eigenvalue weighted by molar-refractivity contribution is -0.149. The van der Waals surface area contributed by atoms with E-state index < -0.39 is 77.2 Å². The van der Waals surface area contributed by atoms with E-state index in [0.717, 1.165) is 11.3 Å². The molecule has 3 rings (SSSR count). The van der Waals surface area contributed by atoms with Gasteiger partial charge in [0.1, 0.15) is 16.7 Å². The molecule has 6 atom stereocenters. The average molecular weight is 1230 g/mol. The van der Waals surface area contributed by atoms with Gasteiger partial charge in [-0.1, -0.05) is 47.1 Å². The third kappa shape index (κ3) is 26.7. The summed E-state index contributed by atoms with van der Waals surface area (Å²) >= 11 is 1.07. The van der Waals surface area contributed by atoms with Crippen LogP contribution in [0.3, 0.4) is 0 Å². The number of carbonyl (C=O) groups excluding carboxylic acids is 9. The zero-order valence-electron chi connectivity index (χ0n) is 51.5. The van der Waals surface area contributed by atoms with Crippen molar-refractivity contribution in [1.29, 1.82) is 0 Å². The summed E-state index contributed by atoms with van der Waals surface area (Å²) < 4.78 is 33.4. The maximum Gasteiger partial charge on any atom is 0.313 e. The molecule has 2 aromatic rings. The van der Waals surface area contributed by atoms with E-state index in [0.29, 0.717) is 12.0 Å². The second-order valence-corrected chi connectivity index (χ2v) is 22.7. The van der Waals surface area contributed by atoms with Gasteiger partial charge in [-0.05, 0) is 76.7 Å². The third-order valence-electron chi connectivity index (χ3n) is 14.2. The summed E-state index contributed by atoms with van der Waals surface area (Å²) in [5.41, 5.74) is -0.351. The first-order chi connectivity index (χ1) is 40.7. The Morgan fingerprint density at radius 3 is 1.97 bits per heavy atom. The van der Waals surface area contributed by atoms with Crippen LogP contribution in [0.1, 0.15) is 127 Å². The number of fused-ring (bicyclic) bond motifs is 1. The van der Waals surface area contributed by atoms with Gasteiger partial charge >= 0.3 is 17.9 Å². The highest BCUT2D eigenvalue weighted by Gasteiger charge is 2.39. The zero-order valence-corrected chi connectivity index (χ0v) is 52.3. The molecule has 1 aromatic heterocycles. The van der Waals surface area contributed by atoms with Crippen LogP contribution in [0.15, 0.2) is 23.6 Å². The lowest BCUT2D eigenvalue weighted by Crippen LogP contribution is -2.60. The molecule has 0 saturated carbocycles. The fraction of sp³-hybridized carbons (Fsp3) is 0.644. The van der Waals surface area contributed by atoms with Gasteiger partial charge in [-0.3, -0.25) is 52.8 Å². The molecule has 0 bridgehead atoms. The maximum absolute atomic E-state index is 14.4. The molecular formula is C59H89N9O17S. The summed E-state index contributed by atoms with van der Waals surface area (Å²) in [6, 6.07) is 2.39. The summed E-state index contributed by atoms with van der Waals surface area (Å²) in [4.78, 5) is 138. The van der Waals surface area contributed by atoms with Crippen molar-refractivity contribution >= 4 is 76.3 Å². The minimum atomic E-state index is -1.11. The van der Waals surface area contributed by atoms with Crippen LogP contribution in [0.2, 0.25) is 0 Å². The lowest BCUT2D eigenvalue weighted by Gasteiger charge is -2.38. The largest absolute Gasteiger partial charge is 0.481 e. The Kier molecular flexibility index (Phi) is 32.5. The molecule has 0 spiro atoms. The highest BCUT2D eigenvalue weighted by molar-refractivity contribution is 7.09. The molecule has 0 radical (unpaired) electrons. The van der Waals surface area contributed by atoms with Gasteiger partial charge in [-0.2, -0.15) is 0 Å². The van der Waals surface area contributed by atoms with Crippen LogP contribution in [0.25, 0.3) is 0 Å². The molecule has 27 heteroatoms. The highest BCUT2D eigenvalue weighted by atomic mass is 32.1. The van der Waals surface area contributed by atoms with Gasteiger partial charge in [0.15, 0.2) is 11.9 Å². The third-order valence-corrected chi connectivity index (χ3v) is 15.1. The minimum Gasteiger partial charge on any atom is -0.481 e. The number of hydrogen-bond donors (Lipinski definition) is 7. The van der Waals surface area contributed by atoms with Crippen molar-refractivity contribution in [3.8, 4) is 17.6 Å². The van der Waals surface area contributed by atoms with E-state index >= 15 is 0 Å². The van der Waals surface area contributed by atoms with Crippen LogP contribution < -0.4 is 36.6 Å². The van der Waals surface area contributed by atoms with Gasteiger partial charge in [0.05, 0.1) is 76.4 Å². The predicted octanol–water partition coefficient (Wildman–Crippen LogP) is 2.78. The summed E-state index contributed by atoms with van der Waals surface area (Å²) in [5.74, 6) is -2.82. The molecule has 0 aliphatic carbocycles. The first kappa shape index (κ1) is 73.2. The number of hydrogen-bond acceptors (Lipinski definition) is 19. The Bertz CT molecular complexity index is 2650. The number of rotatable bonds is 19. The summed E-state index contributed by atoms with van der Waals surface area (Å²) in [5, 5.41) is 28.2. The van der Waals surface area contributed by atoms with Crippen LogP contribution in [0.5, 0.6) is 5.75 Å². The van der Waals surface area contributed by atoms with E-state index in [4.69, 9.17) is 28.4 Å². The number of benzene rings is 1. The number of carboxylic acids is 1. The molecule has 1 aliphatic heterocycles. The average Bonchev–Trinajstić information content (AvgIpc) is 3.55. The second kappa shape index (κ2) is 38.1. The molecule has 7 amide bonds. The highest BCUT2D eigenvalue weighted by Crippen LogP contribution is 2.32. The molecule has 86 heavy (non-hydrogen) atoms. The van der Waals surface area contributed by atoms with Crippen LogP contribution in [0.4, 0.5) is 5.69 Å². The van der Waals surface area contributed by atoms with Crippen LogP contribution in [0, 0.1) is 29.6 Å². The number of carboxylic acid groups (broad SMARTS) is 1. The van der Waals surface area contributed by atoms with Crippen LogP contribution in [-0.2, 0) is 73.3 Å². The number of anilines is 1. The number of carbonyl (C=O) groups is 10. The van der Waals surface area contributed by atoms with Gasteiger partial charge in [-0.25, -0.2) is 4.98 Å². The molecule has 26 nitrogen and oxygen atoms in total. The second-order valence-electron chi connectivity index (χ2n) is 21.8. The van der Waals surface area contributed by atoms with E-state index in [1.54, 1.807) is 56.9 Å². The van der Waals surface area contributed by atoms with Crippen LogP contribution >= 0.6 is 11.3 Å². The quantitative estimate of drug-likeness (QED) is 0.0604. The van der Waals surface area contributed by atoms with Crippen molar-refractivity contribution in [2.75, 3.05) is 98.9 Å². The maximum atomic E-state index is 14.4. The van der Waals surface area contributed by atoms with Crippen molar-refractivity contribution in [3.05, 3.63) is 39.8 Å². The van der Waals surface area contributed by atoms with Crippen molar-refractivity contribution < 1.29 is 81.5 Å². The van der Waals surface area contributed by atoms with Gasteiger partial charge in [0.2, 0.25) is 23.6 Å². The number of esters is 2. The first-order valence-corrected chi connectivity index (χ1v) is 29.8. The molecule has 2 unspecified atom stereocenters. The van der Waals surface area contributed by atoms with Crippen molar-refractivity contribution in [2.45, 2.75) is 137 Å². The number of likely N-dealkylation sites (N-methyl/N-ethyl adjacent to an activating group) is 2. The Hall–Kier alpha value is -7.09. The normalized spacial score (nSPS) is 17.8. The van der Waals surface area contributed by atoms with Crippen molar-refractivity contribution in [1.82, 2.24) is 41.4 Å². The van der Waals surface area contributed by atoms with E-state index in [2.05, 4.69) is 48.7 Å². The Morgan fingerprint density at radius 1 is 0.791 bits per heavy atom. The van der Waals surface area contributed by atoms with Gasteiger partial charge < -0.3 is 70.3 Å². The molecule has 478 valence electrons. The lowest BCUT2D eigenvalue weighted by atomic mass is 9.92. The fourth-order valence-corrected chi connectivity index (χ4v) is 9.21. The monoisotopic (exact) mass is 1230 g/mol. The summed E-state index contributed by atoms with van der Waals surface area (Å²) in [6.07, 6.45) is -0.266. The molecule has 0 fully saturated rings. The van der Waals surface area contributed by atoms with Crippen molar-refractivity contribution in [3.63, 3.8) is 0 Å². The zero-order chi connectivity index (χ0) is 63.9. The van der Waals surface area contributed by atoms with Gasteiger partial charge in [0.25, 0.3) is 17.7 Å². The smallest absolute Gasteiger partial charge is 0.313 e. The molecule has 2 heterocycles. The van der Waals surface area contributed by atoms with E-state index in [-0.39, 0.29) is 169 Å². The number of nitrogens with zero attached hydrogens (tertiary/aromatic N) is 3. The standard InChI is InChI=1S/C59H89N9O17S/c1-12-38(4)53(66-58(79)59(7,8)67(9)10)56(76)68(11)45(37(2)3)35-47(84-40(6)69)55-65-44(36-86-55)54(75)63-42(32-39(5)57(77)78)33-41-15-16-46-43(34-41)64-51(73)14-13-21-60-50(72)19-24-80-28-30-82-26-22-61-48(70)17-18-49(71)62-23-27-83-31-29-81-25-20-52(74)85-46/h15-16,34,36-39,42,45,47,53H,12-14,19-33,35H2,1-11H3,(H,60,72)(H,61,70)(H,62,71)(H,63,75)(H,64,73)(H,66,79)(H,77,78)/t38-,39?,42?,45+,47+,53-/m0/s1. The number of ether oxygens (including phenoxy) is 6.